The summed E-state index contributed by atoms with van der Waals surface area (Å²) in [5.74, 6) is 0.999. The van der Waals surface area contributed by atoms with Crippen LogP contribution in [-0.4, -0.2) is 48.3 Å². The Hall–Kier alpha value is -3.10. The summed E-state index contributed by atoms with van der Waals surface area (Å²) in [6.45, 7) is 3.14. The van der Waals surface area contributed by atoms with Crippen molar-refractivity contribution in [3.05, 3.63) is 68.4 Å². The van der Waals surface area contributed by atoms with Crippen molar-refractivity contribution in [1.29, 1.82) is 0 Å². The van der Waals surface area contributed by atoms with E-state index in [9.17, 15) is 14.7 Å². The molecular weight excluding hydrogens is 424 g/mol. The van der Waals surface area contributed by atoms with Gasteiger partial charge in [-0.15, -0.1) is 0 Å². The molecule has 1 fully saturated rings. The Balaban J connectivity index is 1.91. The third kappa shape index (κ3) is 4.41. The first-order valence-corrected chi connectivity index (χ1v) is 11.2. The lowest BCUT2D eigenvalue weighted by Gasteiger charge is -2.26. The highest BCUT2D eigenvalue weighted by Gasteiger charge is 2.23. The molecule has 8 nitrogen and oxygen atoms in total. The Morgan fingerprint density at radius 2 is 1.79 bits per heavy atom. The summed E-state index contributed by atoms with van der Waals surface area (Å²) >= 11 is 0. The first-order valence-electron chi connectivity index (χ1n) is 11.2. The number of rotatable bonds is 7. The number of ether oxygens (including phenoxy) is 3. The quantitative estimate of drug-likeness (QED) is 0.590. The molecule has 0 amide bonds. The van der Waals surface area contributed by atoms with Crippen LogP contribution in [0.25, 0.3) is 10.9 Å². The van der Waals surface area contributed by atoms with Gasteiger partial charge < -0.3 is 19.3 Å². The second-order valence-electron chi connectivity index (χ2n) is 8.44. The van der Waals surface area contributed by atoms with E-state index in [0.717, 1.165) is 11.1 Å². The summed E-state index contributed by atoms with van der Waals surface area (Å²) in [6, 6.07) is 10.8. The summed E-state index contributed by atoms with van der Waals surface area (Å²) < 4.78 is 19.2. The van der Waals surface area contributed by atoms with Crippen LogP contribution in [0.2, 0.25) is 0 Å². The van der Waals surface area contributed by atoms with Crippen molar-refractivity contribution >= 4 is 10.9 Å². The van der Waals surface area contributed by atoms with E-state index in [1.165, 1.54) is 4.57 Å². The van der Waals surface area contributed by atoms with Crippen LogP contribution in [0.4, 0.5) is 0 Å². The zero-order valence-electron chi connectivity index (χ0n) is 19.2. The van der Waals surface area contributed by atoms with E-state index in [1.54, 1.807) is 37.0 Å². The van der Waals surface area contributed by atoms with Crippen LogP contribution in [0.15, 0.2) is 46.0 Å². The Labute approximate surface area is 191 Å². The maximum absolute atomic E-state index is 13.6. The Kier molecular flexibility index (Phi) is 6.85. The lowest BCUT2D eigenvalue weighted by molar-refractivity contribution is 0.0691. The van der Waals surface area contributed by atoms with Gasteiger partial charge in [-0.1, -0.05) is 19.1 Å². The van der Waals surface area contributed by atoms with E-state index < -0.39 is 0 Å². The first kappa shape index (κ1) is 23.1. The van der Waals surface area contributed by atoms with Crippen molar-refractivity contribution in [2.75, 3.05) is 34.0 Å². The third-order valence-electron chi connectivity index (χ3n) is 6.38. The molecule has 0 spiro atoms. The van der Waals surface area contributed by atoms with Gasteiger partial charge in [0.1, 0.15) is 0 Å². The minimum absolute atomic E-state index is 0.0229. The molecule has 8 heteroatoms. The number of nitrogens with zero attached hydrogens (tertiary/aromatic N) is 2. The number of aromatic nitrogens is 2. The van der Waals surface area contributed by atoms with Gasteiger partial charge in [-0.3, -0.25) is 13.9 Å². The molecule has 176 valence electrons. The second-order valence-corrected chi connectivity index (χ2v) is 8.44. The molecule has 4 rings (SSSR count). The fourth-order valence-electron chi connectivity index (χ4n) is 4.41. The molecule has 0 unspecified atom stereocenters. The maximum Gasteiger partial charge on any atom is 0.332 e. The molecule has 3 aromatic rings. The smallest absolute Gasteiger partial charge is 0.332 e. The number of methoxy groups -OCH3 is 2. The van der Waals surface area contributed by atoms with Crippen molar-refractivity contribution in [2.45, 2.75) is 38.3 Å². The molecule has 1 saturated heterocycles. The average molecular weight is 455 g/mol. The van der Waals surface area contributed by atoms with Crippen LogP contribution in [0, 0.1) is 0 Å². The highest BCUT2D eigenvalue weighted by Crippen LogP contribution is 2.28. The highest BCUT2D eigenvalue weighted by molar-refractivity contribution is 5.79. The van der Waals surface area contributed by atoms with Crippen molar-refractivity contribution in [1.82, 2.24) is 9.13 Å². The SMILES string of the molecule is COc1ccc(Cn2c(=O)c3cc([C@H](C)CO)ccc3n(C3CCOCC3)c2=O)cc1OC. The summed E-state index contributed by atoms with van der Waals surface area (Å²) in [5, 5.41) is 10.1. The molecule has 1 aliphatic rings. The van der Waals surface area contributed by atoms with Gasteiger partial charge in [0.15, 0.2) is 11.5 Å². The largest absolute Gasteiger partial charge is 0.493 e. The fourth-order valence-corrected chi connectivity index (χ4v) is 4.41. The van der Waals surface area contributed by atoms with E-state index in [2.05, 4.69) is 0 Å². The molecular formula is C25H30N2O6. The molecule has 0 bridgehead atoms. The summed E-state index contributed by atoms with van der Waals surface area (Å²) in [4.78, 5) is 27.2. The second kappa shape index (κ2) is 9.80. The number of hydrogen-bond donors (Lipinski definition) is 1. The van der Waals surface area contributed by atoms with Gasteiger partial charge >= 0.3 is 5.69 Å². The van der Waals surface area contributed by atoms with E-state index in [-0.39, 0.29) is 36.4 Å². The van der Waals surface area contributed by atoms with E-state index in [1.807, 2.05) is 25.1 Å². The maximum atomic E-state index is 13.6. The molecule has 0 radical (unpaired) electrons. The summed E-state index contributed by atoms with van der Waals surface area (Å²) in [5.41, 5.74) is 1.55. The minimum Gasteiger partial charge on any atom is -0.493 e. The molecule has 0 aliphatic carbocycles. The van der Waals surface area contributed by atoms with Gasteiger partial charge in [0.25, 0.3) is 5.56 Å². The van der Waals surface area contributed by atoms with Crippen LogP contribution < -0.4 is 20.7 Å². The highest BCUT2D eigenvalue weighted by atomic mass is 16.5. The zero-order valence-corrected chi connectivity index (χ0v) is 19.2. The molecule has 33 heavy (non-hydrogen) atoms. The molecule has 1 aliphatic heterocycles. The molecule has 2 aromatic carbocycles. The van der Waals surface area contributed by atoms with Crippen molar-refractivity contribution in [2.24, 2.45) is 0 Å². The lowest BCUT2D eigenvalue weighted by atomic mass is 10.00. The van der Waals surface area contributed by atoms with Crippen molar-refractivity contribution in [3.63, 3.8) is 0 Å². The van der Waals surface area contributed by atoms with Crippen LogP contribution in [0.3, 0.4) is 0 Å². The van der Waals surface area contributed by atoms with Gasteiger partial charge in [-0.2, -0.15) is 0 Å². The molecule has 1 aromatic heterocycles. The first-order chi connectivity index (χ1) is 16.0. The zero-order chi connectivity index (χ0) is 23.5. The van der Waals surface area contributed by atoms with Gasteiger partial charge in [0, 0.05) is 31.8 Å². The van der Waals surface area contributed by atoms with Gasteiger partial charge in [-0.05, 0) is 48.2 Å². The predicted octanol–water partition coefficient (Wildman–Crippen LogP) is 2.68. The number of aliphatic hydroxyl groups excluding tert-OH is 1. The van der Waals surface area contributed by atoms with Gasteiger partial charge in [-0.25, -0.2) is 4.79 Å². The van der Waals surface area contributed by atoms with Crippen molar-refractivity contribution < 1.29 is 19.3 Å². The third-order valence-corrected chi connectivity index (χ3v) is 6.38. The fraction of sp³-hybridized carbons (Fsp3) is 0.440. The standard InChI is InChI=1S/C25H30N2O6/c1-16(15-28)18-5-6-21-20(13-18)24(29)26(25(30)27(21)19-8-10-33-11-9-19)14-17-4-7-22(31-2)23(12-17)32-3/h4-7,12-13,16,19,28H,8-11,14-15H2,1-3H3/t16-/m1/s1. The van der Waals surface area contributed by atoms with E-state index in [4.69, 9.17) is 14.2 Å². The lowest BCUT2D eigenvalue weighted by Crippen LogP contribution is -2.42. The Morgan fingerprint density at radius 3 is 2.45 bits per heavy atom. The van der Waals surface area contributed by atoms with Crippen LogP contribution in [0.1, 0.15) is 42.9 Å². The number of fused-ring (bicyclic) bond motifs is 1. The van der Waals surface area contributed by atoms with E-state index in [0.29, 0.717) is 48.5 Å². The Morgan fingerprint density at radius 1 is 1.06 bits per heavy atom. The number of benzene rings is 2. The topological polar surface area (TPSA) is 91.9 Å². The average Bonchev–Trinajstić information content (AvgIpc) is 2.86. The number of hydrogen-bond acceptors (Lipinski definition) is 6. The van der Waals surface area contributed by atoms with Crippen LogP contribution in [0.5, 0.6) is 11.5 Å². The molecule has 0 saturated carbocycles. The van der Waals surface area contributed by atoms with Gasteiger partial charge in [0.2, 0.25) is 0 Å². The van der Waals surface area contributed by atoms with Gasteiger partial charge in [0.05, 0.1) is 31.7 Å². The molecule has 2 heterocycles. The monoisotopic (exact) mass is 454 g/mol. The minimum atomic E-state index is -0.347. The van der Waals surface area contributed by atoms with Crippen LogP contribution in [-0.2, 0) is 11.3 Å². The molecule has 1 atom stereocenters. The normalized spacial score (nSPS) is 15.5. The van der Waals surface area contributed by atoms with Crippen molar-refractivity contribution in [3.8, 4) is 11.5 Å². The predicted molar refractivity (Wildman–Crippen MR) is 126 cm³/mol. The van der Waals surface area contributed by atoms with E-state index >= 15 is 0 Å². The summed E-state index contributed by atoms with van der Waals surface area (Å²) in [6.07, 6.45) is 1.41. The van der Waals surface area contributed by atoms with Crippen LogP contribution >= 0.6 is 0 Å². The summed E-state index contributed by atoms with van der Waals surface area (Å²) in [7, 11) is 3.11. The Bertz CT molecular complexity index is 1260. The number of aliphatic hydroxyl groups is 1. The molecule has 1 N–H and O–H groups in total.